The molecule has 1 unspecified atom stereocenters. The molecule has 2 rings (SSSR count). The van der Waals surface area contributed by atoms with Crippen molar-refractivity contribution >= 4 is 15.7 Å². The Morgan fingerprint density at radius 1 is 1.56 bits per heavy atom. The quantitative estimate of drug-likeness (QED) is 0.593. The van der Waals surface area contributed by atoms with E-state index in [9.17, 15) is 8.42 Å². The number of nitrogens with two attached hydrogens (primary N) is 1. The number of hydrogen-bond donors (Lipinski definition) is 2. The van der Waals surface area contributed by atoms with Crippen LogP contribution in [0.4, 0.5) is 5.82 Å². The molecule has 0 radical (unpaired) electrons. The second kappa shape index (κ2) is 5.21. The molecule has 1 atom stereocenters. The summed E-state index contributed by atoms with van der Waals surface area (Å²) in [6, 6.07) is 3.80. The summed E-state index contributed by atoms with van der Waals surface area (Å²) < 4.78 is 23.0. The Bertz CT molecular complexity index is 500. The highest BCUT2D eigenvalue weighted by molar-refractivity contribution is 7.91. The van der Waals surface area contributed by atoms with Crippen molar-refractivity contribution in [3.05, 3.63) is 23.9 Å². The van der Waals surface area contributed by atoms with Crippen molar-refractivity contribution in [2.75, 3.05) is 23.5 Å². The first-order valence-electron chi connectivity index (χ1n) is 5.86. The summed E-state index contributed by atoms with van der Waals surface area (Å²) in [5.41, 5.74) is 3.53. The van der Waals surface area contributed by atoms with Gasteiger partial charge in [0.2, 0.25) is 0 Å². The Morgan fingerprint density at radius 3 is 2.89 bits per heavy atom. The Kier molecular flexibility index (Phi) is 3.84. The van der Waals surface area contributed by atoms with Crippen LogP contribution in [0.15, 0.2) is 18.3 Å². The predicted molar refractivity (Wildman–Crippen MR) is 70.6 cm³/mol. The first-order valence-corrected chi connectivity index (χ1v) is 7.68. The number of nitrogens with one attached hydrogen (secondary N) is 1. The highest BCUT2D eigenvalue weighted by Crippen LogP contribution is 2.15. The Hall–Kier alpha value is -1.18. The van der Waals surface area contributed by atoms with Gasteiger partial charge in [0.25, 0.3) is 0 Å². The molecular formula is C11H18N4O2S. The minimum Gasteiger partial charge on any atom is -0.308 e. The summed E-state index contributed by atoms with van der Waals surface area (Å²) in [6.45, 7) is 3.24. The van der Waals surface area contributed by atoms with Crippen molar-refractivity contribution in [3.8, 4) is 0 Å². The van der Waals surface area contributed by atoms with E-state index >= 15 is 0 Å². The molecule has 3 N–H and O–H groups in total. The summed E-state index contributed by atoms with van der Waals surface area (Å²) in [7, 11) is -2.85. The van der Waals surface area contributed by atoms with Crippen molar-refractivity contribution in [1.29, 1.82) is 0 Å². The molecule has 0 amide bonds. The molecular weight excluding hydrogens is 252 g/mol. The van der Waals surface area contributed by atoms with Gasteiger partial charge >= 0.3 is 0 Å². The molecule has 18 heavy (non-hydrogen) atoms. The van der Waals surface area contributed by atoms with Crippen LogP contribution in [-0.2, 0) is 16.4 Å². The Morgan fingerprint density at radius 2 is 2.33 bits per heavy atom. The van der Waals surface area contributed by atoms with Gasteiger partial charge in [0.05, 0.1) is 11.5 Å². The third kappa shape index (κ3) is 3.18. The summed E-state index contributed by atoms with van der Waals surface area (Å²) >= 11 is 0. The minimum atomic E-state index is -2.85. The zero-order valence-electron chi connectivity index (χ0n) is 10.3. The lowest BCUT2D eigenvalue weighted by Gasteiger charge is -2.32. The third-order valence-electron chi connectivity index (χ3n) is 3.17. The monoisotopic (exact) mass is 270 g/mol. The van der Waals surface area contributed by atoms with Crippen LogP contribution in [0.2, 0.25) is 0 Å². The van der Waals surface area contributed by atoms with E-state index in [1.807, 2.05) is 13.0 Å². The van der Waals surface area contributed by atoms with E-state index in [1.54, 1.807) is 12.3 Å². The third-order valence-corrected chi connectivity index (χ3v) is 4.96. The zero-order chi connectivity index (χ0) is 13.2. The lowest BCUT2D eigenvalue weighted by molar-refractivity contribution is 0.218. The summed E-state index contributed by atoms with van der Waals surface area (Å²) in [5, 5.41) is 0. The van der Waals surface area contributed by atoms with Crippen molar-refractivity contribution in [2.24, 2.45) is 5.84 Å². The average molecular weight is 270 g/mol. The number of hydrogen-bond acceptors (Lipinski definition) is 6. The van der Waals surface area contributed by atoms with E-state index in [1.165, 1.54) is 0 Å². The highest BCUT2D eigenvalue weighted by atomic mass is 32.2. The van der Waals surface area contributed by atoms with E-state index in [4.69, 9.17) is 5.84 Å². The van der Waals surface area contributed by atoms with E-state index in [2.05, 4.69) is 15.3 Å². The number of nitrogen functional groups attached to an aromatic ring is 1. The van der Waals surface area contributed by atoms with E-state index < -0.39 is 9.84 Å². The van der Waals surface area contributed by atoms with Gasteiger partial charge in [-0.2, -0.15) is 0 Å². The molecule has 0 spiro atoms. The summed E-state index contributed by atoms with van der Waals surface area (Å²) in [4.78, 5) is 6.30. The lowest BCUT2D eigenvalue weighted by Crippen LogP contribution is -2.46. The van der Waals surface area contributed by atoms with Gasteiger partial charge in [0.15, 0.2) is 9.84 Å². The SMILES string of the molecule is CC1CS(=O)(=O)CCN1Cc1ccc(NN)nc1. The van der Waals surface area contributed by atoms with Crippen molar-refractivity contribution in [2.45, 2.75) is 19.5 Å². The molecule has 1 saturated heterocycles. The maximum absolute atomic E-state index is 11.5. The molecule has 1 aliphatic rings. The van der Waals surface area contributed by atoms with Crippen LogP contribution in [0, 0.1) is 0 Å². The van der Waals surface area contributed by atoms with Gasteiger partial charge in [-0.15, -0.1) is 0 Å². The van der Waals surface area contributed by atoms with Crippen LogP contribution >= 0.6 is 0 Å². The van der Waals surface area contributed by atoms with Crippen LogP contribution in [0.3, 0.4) is 0 Å². The Balaban J connectivity index is 2.01. The second-order valence-electron chi connectivity index (χ2n) is 4.63. The molecule has 6 nitrogen and oxygen atoms in total. The number of nitrogens with zero attached hydrogens (tertiary/aromatic N) is 2. The number of rotatable bonds is 3. The molecule has 1 aromatic heterocycles. The van der Waals surface area contributed by atoms with Crippen LogP contribution in [-0.4, -0.2) is 42.4 Å². The number of pyridine rings is 1. The minimum absolute atomic E-state index is 0.0519. The molecule has 1 aromatic rings. The topological polar surface area (TPSA) is 88.3 Å². The number of aromatic nitrogens is 1. The lowest BCUT2D eigenvalue weighted by atomic mass is 10.2. The maximum Gasteiger partial charge on any atom is 0.153 e. The average Bonchev–Trinajstić information content (AvgIpc) is 2.33. The van der Waals surface area contributed by atoms with Crippen LogP contribution in [0.1, 0.15) is 12.5 Å². The van der Waals surface area contributed by atoms with Gasteiger partial charge in [-0.3, -0.25) is 4.90 Å². The van der Waals surface area contributed by atoms with Crippen molar-refractivity contribution in [3.63, 3.8) is 0 Å². The van der Waals surface area contributed by atoms with Gasteiger partial charge in [0, 0.05) is 25.3 Å². The number of anilines is 1. The maximum atomic E-state index is 11.5. The zero-order valence-corrected chi connectivity index (χ0v) is 11.2. The number of hydrazine groups is 1. The smallest absolute Gasteiger partial charge is 0.153 e. The van der Waals surface area contributed by atoms with Crippen LogP contribution < -0.4 is 11.3 Å². The molecule has 100 valence electrons. The summed E-state index contributed by atoms with van der Waals surface area (Å²) in [5.74, 6) is 6.35. The van der Waals surface area contributed by atoms with Gasteiger partial charge in [-0.05, 0) is 18.6 Å². The van der Waals surface area contributed by atoms with Crippen molar-refractivity contribution < 1.29 is 8.42 Å². The van der Waals surface area contributed by atoms with E-state index in [0.717, 1.165) is 5.56 Å². The molecule has 1 aliphatic heterocycles. The predicted octanol–water partition coefficient (Wildman–Crippen LogP) is -0.0139. The molecule has 0 aromatic carbocycles. The molecule has 1 fully saturated rings. The van der Waals surface area contributed by atoms with Gasteiger partial charge < -0.3 is 5.43 Å². The fourth-order valence-electron chi connectivity index (χ4n) is 2.11. The largest absolute Gasteiger partial charge is 0.308 e. The Labute approximate surface area is 107 Å². The fraction of sp³-hybridized carbons (Fsp3) is 0.545. The standard InChI is InChI=1S/C11H18N4O2S/c1-9-8-18(16,17)5-4-15(9)7-10-2-3-11(14-12)13-6-10/h2-3,6,9H,4-5,7-8,12H2,1H3,(H,13,14). The first-order chi connectivity index (χ1) is 8.50. The molecule has 0 saturated carbocycles. The first kappa shape index (κ1) is 13.3. The normalized spacial score (nSPS) is 23.8. The van der Waals surface area contributed by atoms with E-state index in [-0.39, 0.29) is 17.5 Å². The van der Waals surface area contributed by atoms with Gasteiger partial charge in [-0.25, -0.2) is 19.2 Å². The second-order valence-corrected chi connectivity index (χ2v) is 6.86. The van der Waals surface area contributed by atoms with E-state index in [0.29, 0.717) is 18.9 Å². The molecule has 0 aliphatic carbocycles. The van der Waals surface area contributed by atoms with Gasteiger partial charge in [-0.1, -0.05) is 6.07 Å². The van der Waals surface area contributed by atoms with Crippen molar-refractivity contribution in [1.82, 2.24) is 9.88 Å². The van der Waals surface area contributed by atoms with Gasteiger partial charge in [0.1, 0.15) is 5.82 Å². The number of sulfone groups is 1. The molecule has 7 heteroatoms. The molecule has 0 bridgehead atoms. The molecule has 2 heterocycles. The summed E-state index contributed by atoms with van der Waals surface area (Å²) in [6.07, 6.45) is 1.75. The fourth-order valence-corrected chi connectivity index (χ4v) is 3.73. The highest BCUT2D eigenvalue weighted by Gasteiger charge is 2.27. The van der Waals surface area contributed by atoms with Crippen LogP contribution in [0.5, 0.6) is 0 Å². The van der Waals surface area contributed by atoms with Crippen LogP contribution in [0.25, 0.3) is 0 Å².